The van der Waals surface area contributed by atoms with Crippen molar-refractivity contribution in [3.05, 3.63) is 101 Å². The highest BCUT2D eigenvalue weighted by molar-refractivity contribution is 5.81. The number of amides is 2. The summed E-state index contributed by atoms with van der Waals surface area (Å²) in [7, 11) is 0. The fraction of sp³-hybridized carbons (Fsp3) is 0.355. The number of hydrogen-bond acceptors (Lipinski definition) is 3. The maximum atomic E-state index is 14.2. The minimum absolute atomic E-state index is 0.0490. The second-order valence-corrected chi connectivity index (χ2v) is 9.97. The number of fused-ring (bicyclic) bond motifs is 1. The third-order valence-corrected chi connectivity index (χ3v) is 6.66. The van der Waals surface area contributed by atoms with Gasteiger partial charge in [0.2, 0.25) is 5.91 Å². The lowest BCUT2D eigenvalue weighted by atomic mass is 9.87. The minimum atomic E-state index is -0.656. The van der Waals surface area contributed by atoms with Crippen LogP contribution in [0.25, 0.3) is 0 Å². The average molecular weight is 503 g/mol. The molecule has 0 aromatic heterocycles. The van der Waals surface area contributed by atoms with Crippen LogP contribution in [0, 0.1) is 11.7 Å². The van der Waals surface area contributed by atoms with Crippen LogP contribution >= 0.6 is 0 Å². The van der Waals surface area contributed by atoms with Gasteiger partial charge in [-0.05, 0) is 65.3 Å². The van der Waals surface area contributed by atoms with Crippen molar-refractivity contribution in [3.8, 4) is 5.75 Å². The van der Waals surface area contributed by atoms with Gasteiger partial charge in [-0.3, -0.25) is 9.59 Å². The average Bonchev–Trinajstić information content (AvgIpc) is 2.89. The van der Waals surface area contributed by atoms with Gasteiger partial charge in [-0.15, -0.1) is 0 Å². The van der Waals surface area contributed by atoms with Gasteiger partial charge in [0.05, 0.1) is 6.04 Å². The lowest BCUT2D eigenvalue weighted by Crippen LogP contribution is -2.41. The van der Waals surface area contributed by atoms with E-state index in [1.165, 1.54) is 12.1 Å². The first-order chi connectivity index (χ1) is 17.9. The normalized spacial score (nSPS) is 15.7. The van der Waals surface area contributed by atoms with Gasteiger partial charge in [-0.2, -0.15) is 0 Å². The third kappa shape index (κ3) is 6.56. The van der Waals surface area contributed by atoms with Crippen molar-refractivity contribution in [1.29, 1.82) is 0 Å². The van der Waals surface area contributed by atoms with Crippen molar-refractivity contribution >= 4 is 11.8 Å². The summed E-state index contributed by atoms with van der Waals surface area (Å²) >= 11 is 0. The van der Waals surface area contributed by atoms with Crippen molar-refractivity contribution in [1.82, 2.24) is 10.2 Å². The van der Waals surface area contributed by atoms with Gasteiger partial charge in [0, 0.05) is 19.5 Å². The summed E-state index contributed by atoms with van der Waals surface area (Å²) in [4.78, 5) is 28.0. The topological polar surface area (TPSA) is 58.6 Å². The third-order valence-electron chi connectivity index (χ3n) is 6.66. The van der Waals surface area contributed by atoms with Crippen molar-refractivity contribution < 1.29 is 18.7 Å². The second kappa shape index (κ2) is 12.0. The Hall–Kier alpha value is -3.67. The van der Waals surface area contributed by atoms with Crippen LogP contribution in [0.2, 0.25) is 0 Å². The highest BCUT2D eigenvalue weighted by Crippen LogP contribution is 2.38. The molecule has 1 aliphatic rings. The van der Waals surface area contributed by atoms with Crippen LogP contribution in [0.15, 0.2) is 72.8 Å². The van der Waals surface area contributed by atoms with Crippen LogP contribution in [0.5, 0.6) is 5.75 Å². The van der Waals surface area contributed by atoms with Crippen molar-refractivity contribution in [2.24, 2.45) is 5.92 Å². The van der Waals surface area contributed by atoms with E-state index in [1.54, 1.807) is 6.07 Å². The Morgan fingerprint density at radius 3 is 2.54 bits per heavy atom. The molecule has 0 aliphatic carbocycles. The maximum Gasteiger partial charge on any atom is 0.261 e. The van der Waals surface area contributed by atoms with Crippen LogP contribution in [-0.4, -0.2) is 29.4 Å². The second-order valence-electron chi connectivity index (χ2n) is 9.97. The zero-order valence-electron chi connectivity index (χ0n) is 21.7. The van der Waals surface area contributed by atoms with Crippen LogP contribution in [0.1, 0.15) is 61.9 Å². The van der Waals surface area contributed by atoms with Gasteiger partial charge in [0.1, 0.15) is 11.6 Å². The van der Waals surface area contributed by atoms with Crippen LogP contribution < -0.4 is 10.1 Å². The van der Waals surface area contributed by atoms with Gasteiger partial charge < -0.3 is 15.0 Å². The largest absolute Gasteiger partial charge is 0.481 e. The molecule has 4 rings (SSSR count). The Morgan fingerprint density at radius 2 is 1.84 bits per heavy atom. The zero-order chi connectivity index (χ0) is 26.4. The lowest BCUT2D eigenvalue weighted by Gasteiger charge is -2.38. The van der Waals surface area contributed by atoms with E-state index in [-0.39, 0.29) is 23.5 Å². The first kappa shape index (κ1) is 26.4. The summed E-state index contributed by atoms with van der Waals surface area (Å²) in [6.07, 6.45) is 0.984. The molecular formula is C31H35FN2O3. The summed E-state index contributed by atoms with van der Waals surface area (Å²) in [6, 6.07) is 21.5. The van der Waals surface area contributed by atoms with E-state index in [4.69, 9.17) is 4.74 Å². The van der Waals surface area contributed by atoms with Gasteiger partial charge in [-0.25, -0.2) is 4.39 Å². The van der Waals surface area contributed by atoms with Gasteiger partial charge in [-0.1, -0.05) is 69.3 Å². The van der Waals surface area contributed by atoms with Gasteiger partial charge in [0.25, 0.3) is 5.91 Å². The molecule has 1 heterocycles. The number of carbonyl (C=O) groups is 2. The summed E-state index contributed by atoms with van der Waals surface area (Å²) in [5.74, 6) is 0.304. The highest BCUT2D eigenvalue weighted by Gasteiger charge is 2.33. The number of rotatable bonds is 9. The van der Waals surface area contributed by atoms with E-state index in [0.29, 0.717) is 38.1 Å². The molecule has 37 heavy (non-hydrogen) atoms. The predicted molar refractivity (Wildman–Crippen MR) is 143 cm³/mol. The van der Waals surface area contributed by atoms with E-state index >= 15 is 0 Å². The van der Waals surface area contributed by atoms with Crippen LogP contribution in [0.4, 0.5) is 4.39 Å². The molecule has 1 aliphatic heterocycles. The van der Waals surface area contributed by atoms with Crippen molar-refractivity contribution in [3.63, 3.8) is 0 Å². The highest BCUT2D eigenvalue weighted by atomic mass is 19.1. The summed E-state index contributed by atoms with van der Waals surface area (Å²) < 4.78 is 20.4. The number of ether oxygens (including phenoxy) is 1. The molecule has 3 aromatic carbocycles. The Labute approximate surface area is 218 Å². The number of benzene rings is 3. The molecular weight excluding hydrogens is 467 g/mol. The molecule has 2 amide bonds. The molecule has 0 unspecified atom stereocenters. The maximum absolute atomic E-state index is 14.2. The SMILES string of the molecule is CC[C@H](Oc1ccc2c(c1)[C@@H](c1cccc(F)c1)N(C(=O)CC(C)C)CC2)C(=O)NCc1ccccc1. The fourth-order valence-corrected chi connectivity index (χ4v) is 4.82. The Bertz CT molecular complexity index is 1230. The van der Waals surface area contributed by atoms with E-state index in [1.807, 2.05) is 80.3 Å². The zero-order valence-corrected chi connectivity index (χ0v) is 21.7. The Kier molecular flexibility index (Phi) is 8.59. The molecule has 3 aromatic rings. The molecule has 0 radical (unpaired) electrons. The molecule has 6 heteroatoms. The van der Waals surface area contributed by atoms with Gasteiger partial charge >= 0.3 is 0 Å². The number of halogens is 1. The standard InChI is InChI=1S/C31H35FN2O3/c1-4-28(31(36)33-20-22-9-6-5-7-10-22)37-26-14-13-23-15-16-34(29(35)17-21(2)3)30(27(23)19-26)24-11-8-12-25(32)18-24/h5-14,18-19,21,28,30H,4,15-17,20H2,1-3H3,(H,33,36)/t28-,30+/m0/s1. The number of carbonyl (C=O) groups excluding carboxylic acids is 2. The molecule has 0 spiro atoms. The van der Waals surface area contributed by atoms with E-state index in [9.17, 15) is 14.0 Å². The smallest absolute Gasteiger partial charge is 0.261 e. The quantitative estimate of drug-likeness (QED) is 0.401. The molecule has 194 valence electrons. The van der Waals surface area contributed by atoms with E-state index in [2.05, 4.69) is 5.32 Å². The molecule has 0 saturated carbocycles. The fourth-order valence-electron chi connectivity index (χ4n) is 4.82. The van der Waals surface area contributed by atoms with E-state index < -0.39 is 12.1 Å². The molecule has 5 nitrogen and oxygen atoms in total. The summed E-state index contributed by atoms with van der Waals surface area (Å²) in [5.41, 5.74) is 3.74. The van der Waals surface area contributed by atoms with E-state index in [0.717, 1.165) is 22.3 Å². The molecule has 0 saturated heterocycles. The van der Waals surface area contributed by atoms with Gasteiger partial charge in [0.15, 0.2) is 6.10 Å². The molecule has 0 fully saturated rings. The minimum Gasteiger partial charge on any atom is -0.481 e. The Balaban J connectivity index is 1.59. The van der Waals surface area contributed by atoms with Crippen molar-refractivity contribution in [2.45, 2.75) is 58.7 Å². The summed E-state index contributed by atoms with van der Waals surface area (Å²) in [6.45, 7) is 6.95. The number of nitrogens with one attached hydrogen (secondary N) is 1. The monoisotopic (exact) mass is 502 g/mol. The first-order valence-electron chi connectivity index (χ1n) is 13.0. The predicted octanol–water partition coefficient (Wildman–Crippen LogP) is 5.82. The Morgan fingerprint density at radius 1 is 1.05 bits per heavy atom. The van der Waals surface area contributed by atoms with Crippen LogP contribution in [0.3, 0.4) is 0 Å². The van der Waals surface area contributed by atoms with Crippen molar-refractivity contribution in [2.75, 3.05) is 6.54 Å². The lowest BCUT2D eigenvalue weighted by molar-refractivity contribution is -0.134. The first-order valence-corrected chi connectivity index (χ1v) is 13.0. The molecule has 1 N–H and O–H groups in total. The molecule has 0 bridgehead atoms. The molecule has 2 atom stereocenters. The number of nitrogens with zero attached hydrogens (tertiary/aromatic N) is 1. The van der Waals surface area contributed by atoms with Crippen LogP contribution in [-0.2, 0) is 22.6 Å². The summed E-state index contributed by atoms with van der Waals surface area (Å²) in [5, 5.41) is 2.96. The number of hydrogen-bond donors (Lipinski definition) is 1.